The van der Waals surface area contributed by atoms with E-state index in [2.05, 4.69) is 33.0 Å². The Bertz CT molecular complexity index is 209. The van der Waals surface area contributed by atoms with Gasteiger partial charge in [0.05, 0.1) is 0 Å². The molecule has 0 atom stereocenters. The van der Waals surface area contributed by atoms with Crippen LogP contribution in [0.3, 0.4) is 0 Å². The van der Waals surface area contributed by atoms with Gasteiger partial charge in [0, 0.05) is 12.5 Å². The van der Waals surface area contributed by atoms with E-state index in [1.165, 1.54) is 12.8 Å². The summed E-state index contributed by atoms with van der Waals surface area (Å²) < 4.78 is 0. The second-order valence-electron chi connectivity index (χ2n) is 5.88. The average Bonchev–Trinajstić information content (AvgIpc) is 2.69. The summed E-state index contributed by atoms with van der Waals surface area (Å²) >= 11 is 0. The number of hydrogen-bond donors (Lipinski definition) is 1. The molecular weight excluding hydrogens is 198 g/mol. The van der Waals surface area contributed by atoms with E-state index in [0.29, 0.717) is 29.6 Å². The molecule has 0 aromatic rings. The van der Waals surface area contributed by atoms with E-state index in [1.54, 1.807) is 0 Å². The monoisotopic (exact) mass is 225 g/mol. The number of amides is 1. The van der Waals surface area contributed by atoms with Gasteiger partial charge >= 0.3 is 0 Å². The second kappa shape index (κ2) is 6.27. The highest BCUT2D eigenvalue weighted by Crippen LogP contribution is 2.25. The van der Waals surface area contributed by atoms with Crippen molar-refractivity contribution in [3.05, 3.63) is 0 Å². The molecule has 0 unspecified atom stereocenters. The summed E-state index contributed by atoms with van der Waals surface area (Å²) in [6, 6.07) is 0. The zero-order valence-electron chi connectivity index (χ0n) is 11.3. The SMILES string of the molecule is CC(C)C(CNC(=O)C1CCCC1)C(C)C. The van der Waals surface area contributed by atoms with Crippen LogP contribution in [-0.4, -0.2) is 12.5 Å². The lowest BCUT2D eigenvalue weighted by atomic mass is 9.85. The third-order valence-corrected chi connectivity index (χ3v) is 3.95. The first-order chi connectivity index (χ1) is 7.52. The molecule has 0 aromatic heterocycles. The molecule has 0 spiro atoms. The second-order valence-corrected chi connectivity index (χ2v) is 5.88. The van der Waals surface area contributed by atoms with Crippen molar-refractivity contribution in [1.82, 2.24) is 5.32 Å². The number of carbonyl (C=O) groups excluding carboxylic acids is 1. The predicted molar refractivity (Wildman–Crippen MR) is 68.1 cm³/mol. The Balaban J connectivity index is 2.33. The molecule has 2 heteroatoms. The maximum absolute atomic E-state index is 11.9. The molecule has 1 aliphatic carbocycles. The first kappa shape index (κ1) is 13.5. The van der Waals surface area contributed by atoms with Crippen molar-refractivity contribution in [2.24, 2.45) is 23.7 Å². The Morgan fingerprint density at radius 2 is 1.62 bits per heavy atom. The van der Waals surface area contributed by atoms with Crippen LogP contribution in [0.1, 0.15) is 53.4 Å². The minimum atomic E-state index is 0.295. The molecule has 0 saturated heterocycles. The topological polar surface area (TPSA) is 29.1 Å². The highest BCUT2D eigenvalue weighted by Gasteiger charge is 2.24. The van der Waals surface area contributed by atoms with Gasteiger partial charge in [0.25, 0.3) is 0 Å². The van der Waals surface area contributed by atoms with Crippen LogP contribution >= 0.6 is 0 Å². The van der Waals surface area contributed by atoms with Crippen LogP contribution in [0.15, 0.2) is 0 Å². The first-order valence-corrected chi connectivity index (χ1v) is 6.80. The van der Waals surface area contributed by atoms with E-state index in [0.717, 1.165) is 19.4 Å². The van der Waals surface area contributed by atoms with Crippen molar-refractivity contribution >= 4 is 5.91 Å². The summed E-state index contributed by atoms with van der Waals surface area (Å²) in [7, 11) is 0. The molecule has 2 nitrogen and oxygen atoms in total. The summed E-state index contributed by atoms with van der Waals surface area (Å²) in [5.74, 6) is 2.49. The van der Waals surface area contributed by atoms with Crippen LogP contribution in [-0.2, 0) is 4.79 Å². The van der Waals surface area contributed by atoms with Crippen LogP contribution in [0.5, 0.6) is 0 Å². The Kier molecular flexibility index (Phi) is 5.30. The molecule has 0 bridgehead atoms. The van der Waals surface area contributed by atoms with Gasteiger partial charge in [-0.05, 0) is 30.6 Å². The average molecular weight is 225 g/mol. The Labute approximate surface area is 100 Å². The van der Waals surface area contributed by atoms with Gasteiger partial charge in [0.15, 0.2) is 0 Å². The highest BCUT2D eigenvalue weighted by atomic mass is 16.1. The van der Waals surface area contributed by atoms with Crippen LogP contribution in [0.4, 0.5) is 0 Å². The van der Waals surface area contributed by atoms with Gasteiger partial charge in [-0.2, -0.15) is 0 Å². The number of rotatable bonds is 5. The van der Waals surface area contributed by atoms with Gasteiger partial charge < -0.3 is 5.32 Å². The molecule has 1 fully saturated rings. The molecule has 0 radical (unpaired) electrons. The maximum Gasteiger partial charge on any atom is 0.223 e. The molecule has 1 N–H and O–H groups in total. The molecule has 1 aliphatic rings. The molecule has 1 amide bonds. The normalized spacial score (nSPS) is 17.7. The van der Waals surface area contributed by atoms with Crippen LogP contribution in [0, 0.1) is 23.7 Å². The van der Waals surface area contributed by atoms with Crippen LogP contribution in [0.25, 0.3) is 0 Å². The fraction of sp³-hybridized carbons (Fsp3) is 0.929. The van der Waals surface area contributed by atoms with Crippen molar-refractivity contribution in [2.45, 2.75) is 53.4 Å². The molecule has 1 saturated carbocycles. The van der Waals surface area contributed by atoms with Crippen molar-refractivity contribution in [3.63, 3.8) is 0 Å². The molecular formula is C14H27NO. The molecule has 0 aromatic carbocycles. The number of hydrogen-bond acceptors (Lipinski definition) is 1. The third-order valence-electron chi connectivity index (χ3n) is 3.95. The van der Waals surface area contributed by atoms with E-state index < -0.39 is 0 Å². The van der Waals surface area contributed by atoms with Crippen LogP contribution < -0.4 is 5.32 Å². The summed E-state index contributed by atoms with van der Waals surface area (Å²) in [5, 5.41) is 3.15. The van der Waals surface area contributed by atoms with Crippen molar-refractivity contribution in [2.75, 3.05) is 6.54 Å². The zero-order chi connectivity index (χ0) is 12.1. The summed E-state index contributed by atoms with van der Waals surface area (Å²) in [6.45, 7) is 9.82. The summed E-state index contributed by atoms with van der Waals surface area (Å²) in [6.07, 6.45) is 4.66. The van der Waals surface area contributed by atoms with E-state index in [-0.39, 0.29) is 0 Å². The quantitative estimate of drug-likeness (QED) is 0.764. The highest BCUT2D eigenvalue weighted by molar-refractivity contribution is 5.78. The molecule has 0 aliphatic heterocycles. The Morgan fingerprint density at radius 1 is 1.12 bits per heavy atom. The van der Waals surface area contributed by atoms with E-state index in [4.69, 9.17) is 0 Å². The van der Waals surface area contributed by atoms with Gasteiger partial charge in [-0.1, -0.05) is 40.5 Å². The van der Waals surface area contributed by atoms with Gasteiger partial charge in [0.1, 0.15) is 0 Å². The van der Waals surface area contributed by atoms with Gasteiger partial charge in [-0.15, -0.1) is 0 Å². The van der Waals surface area contributed by atoms with Crippen molar-refractivity contribution in [3.8, 4) is 0 Å². The molecule has 1 rings (SSSR count). The predicted octanol–water partition coefficient (Wildman–Crippen LogP) is 3.22. The summed E-state index contributed by atoms with van der Waals surface area (Å²) in [5.41, 5.74) is 0. The van der Waals surface area contributed by atoms with Gasteiger partial charge in [-0.25, -0.2) is 0 Å². The fourth-order valence-electron chi connectivity index (χ4n) is 2.79. The fourth-order valence-corrected chi connectivity index (χ4v) is 2.79. The minimum absolute atomic E-state index is 0.295. The largest absolute Gasteiger partial charge is 0.356 e. The van der Waals surface area contributed by atoms with E-state index in [1.807, 2.05) is 0 Å². The molecule has 16 heavy (non-hydrogen) atoms. The third kappa shape index (κ3) is 3.80. The number of nitrogens with one attached hydrogen (secondary N) is 1. The molecule has 0 heterocycles. The van der Waals surface area contributed by atoms with E-state index >= 15 is 0 Å². The number of carbonyl (C=O) groups is 1. The lowest BCUT2D eigenvalue weighted by Gasteiger charge is -2.25. The van der Waals surface area contributed by atoms with Gasteiger partial charge in [0.2, 0.25) is 5.91 Å². The van der Waals surface area contributed by atoms with Crippen LogP contribution in [0.2, 0.25) is 0 Å². The van der Waals surface area contributed by atoms with Crippen molar-refractivity contribution < 1.29 is 4.79 Å². The lowest BCUT2D eigenvalue weighted by molar-refractivity contribution is -0.125. The standard InChI is InChI=1S/C14H27NO/c1-10(2)13(11(3)4)9-15-14(16)12-7-5-6-8-12/h10-13H,5-9H2,1-4H3,(H,15,16). The summed E-state index contributed by atoms with van der Waals surface area (Å²) in [4.78, 5) is 11.9. The maximum atomic E-state index is 11.9. The minimum Gasteiger partial charge on any atom is -0.356 e. The zero-order valence-corrected chi connectivity index (χ0v) is 11.3. The Hall–Kier alpha value is -0.530. The smallest absolute Gasteiger partial charge is 0.223 e. The molecule has 94 valence electrons. The lowest BCUT2D eigenvalue weighted by Crippen LogP contribution is -2.36. The van der Waals surface area contributed by atoms with E-state index in [9.17, 15) is 4.79 Å². The van der Waals surface area contributed by atoms with Crippen molar-refractivity contribution in [1.29, 1.82) is 0 Å². The first-order valence-electron chi connectivity index (χ1n) is 6.80. The van der Waals surface area contributed by atoms with Gasteiger partial charge in [-0.3, -0.25) is 4.79 Å². The Morgan fingerprint density at radius 3 is 2.06 bits per heavy atom.